The molecule has 1 aliphatic heterocycles. The highest BCUT2D eigenvalue weighted by Gasteiger charge is 2.23. The Morgan fingerprint density at radius 3 is 2.18 bits per heavy atom. The van der Waals surface area contributed by atoms with Gasteiger partial charge in [-0.15, -0.1) is 0 Å². The summed E-state index contributed by atoms with van der Waals surface area (Å²) >= 11 is 5.88. The highest BCUT2D eigenvalue weighted by Crippen LogP contribution is 2.40. The van der Waals surface area contributed by atoms with E-state index in [-0.39, 0.29) is 6.03 Å². The van der Waals surface area contributed by atoms with Crippen LogP contribution in [-0.2, 0) is 0 Å². The number of anilines is 1. The molecule has 2 amide bonds. The molecule has 0 radical (unpaired) electrons. The second-order valence-corrected chi connectivity index (χ2v) is 6.71. The molecule has 0 aliphatic carbocycles. The van der Waals surface area contributed by atoms with Gasteiger partial charge in [0, 0.05) is 35.9 Å². The van der Waals surface area contributed by atoms with Gasteiger partial charge in [0.15, 0.2) is 0 Å². The molecule has 3 rings (SSSR count). The molecule has 1 aliphatic rings. The van der Waals surface area contributed by atoms with Crippen LogP contribution in [0.3, 0.4) is 0 Å². The van der Waals surface area contributed by atoms with Crippen LogP contribution >= 0.6 is 11.6 Å². The van der Waals surface area contributed by atoms with Crippen LogP contribution in [0.2, 0.25) is 5.02 Å². The van der Waals surface area contributed by atoms with Gasteiger partial charge in [-0.1, -0.05) is 17.7 Å². The molecule has 2 aromatic rings. The number of nitrogens with one attached hydrogen (secondary N) is 1. The summed E-state index contributed by atoms with van der Waals surface area (Å²) in [7, 11) is 4.84. The van der Waals surface area contributed by atoms with Crippen molar-refractivity contribution in [1.29, 1.82) is 0 Å². The van der Waals surface area contributed by atoms with E-state index in [4.69, 9.17) is 25.8 Å². The highest BCUT2D eigenvalue weighted by atomic mass is 35.5. The molecule has 7 heteroatoms. The van der Waals surface area contributed by atoms with Crippen LogP contribution in [0, 0.1) is 0 Å². The van der Waals surface area contributed by atoms with Gasteiger partial charge in [0.1, 0.15) is 17.2 Å². The molecule has 0 atom stereocenters. The van der Waals surface area contributed by atoms with Crippen molar-refractivity contribution >= 4 is 28.9 Å². The molecule has 1 N–H and O–H groups in total. The van der Waals surface area contributed by atoms with E-state index in [0.717, 1.165) is 11.1 Å². The summed E-state index contributed by atoms with van der Waals surface area (Å²) in [5.74, 6) is 2.03. The minimum atomic E-state index is -0.147. The molecule has 6 nitrogen and oxygen atoms in total. The number of carbonyl (C=O) groups is 1. The number of benzene rings is 2. The van der Waals surface area contributed by atoms with Gasteiger partial charge in [0.25, 0.3) is 0 Å². The number of amides is 2. The topological polar surface area (TPSA) is 60.0 Å². The molecule has 0 fully saturated rings. The van der Waals surface area contributed by atoms with Crippen molar-refractivity contribution in [2.75, 3.05) is 39.7 Å². The number of hydrogen-bond acceptors (Lipinski definition) is 4. The third kappa shape index (κ3) is 4.34. The monoisotopic (exact) mass is 402 g/mol. The Hall–Kier alpha value is -2.86. The van der Waals surface area contributed by atoms with E-state index >= 15 is 0 Å². The Bertz CT molecular complexity index is 855. The van der Waals surface area contributed by atoms with E-state index in [1.165, 1.54) is 0 Å². The van der Waals surface area contributed by atoms with Crippen LogP contribution in [0.1, 0.15) is 12.0 Å². The summed E-state index contributed by atoms with van der Waals surface area (Å²) in [6, 6.07) is 10.6. The molecule has 28 heavy (non-hydrogen) atoms. The Kier molecular flexibility index (Phi) is 6.31. The molecule has 0 saturated heterocycles. The van der Waals surface area contributed by atoms with Crippen molar-refractivity contribution in [3.05, 3.63) is 53.1 Å². The van der Waals surface area contributed by atoms with E-state index in [0.29, 0.717) is 47.5 Å². The lowest BCUT2D eigenvalue weighted by Crippen LogP contribution is -2.37. The summed E-state index contributed by atoms with van der Waals surface area (Å²) in [6.45, 7) is 1.08. The molecule has 0 aromatic heterocycles. The van der Waals surface area contributed by atoms with E-state index in [1.54, 1.807) is 50.5 Å². The van der Waals surface area contributed by atoms with Gasteiger partial charge in [-0.25, -0.2) is 4.79 Å². The zero-order chi connectivity index (χ0) is 20.1. The Morgan fingerprint density at radius 1 is 1.04 bits per heavy atom. The van der Waals surface area contributed by atoms with E-state index in [2.05, 4.69) is 5.32 Å². The summed E-state index contributed by atoms with van der Waals surface area (Å²) in [4.78, 5) is 14.3. The standard InChI is InChI=1S/C21H23ClN2O4/c1-26-17-12-18(27-2)20(19(13-17)28-3)14-8-10-24(11-9-14)21(25)23-16-6-4-15(22)5-7-16/h4-8,12-13H,9-11H2,1-3H3,(H,23,25). The minimum Gasteiger partial charge on any atom is -0.496 e. The maximum Gasteiger partial charge on any atom is 0.322 e. The predicted octanol–water partition coefficient (Wildman–Crippen LogP) is 4.69. The van der Waals surface area contributed by atoms with Crippen LogP contribution in [0.25, 0.3) is 5.57 Å². The van der Waals surface area contributed by atoms with Gasteiger partial charge in [-0.3, -0.25) is 0 Å². The lowest BCUT2D eigenvalue weighted by atomic mass is 9.97. The fourth-order valence-electron chi connectivity index (χ4n) is 3.14. The summed E-state index contributed by atoms with van der Waals surface area (Å²) in [6.07, 6.45) is 2.71. The van der Waals surface area contributed by atoms with Gasteiger partial charge in [0.2, 0.25) is 0 Å². The second kappa shape index (κ2) is 8.89. The number of halogens is 1. The number of nitrogens with zero attached hydrogens (tertiary/aromatic N) is 1. The Balaban J connectivity index is 1.76. The predicted molar refractivity (Wildman–Crippen MR) is 111 cm³/mol. The quantitative estimate of drug-likeness (QED) is 0.788. The zero-order valence-corrected chi connectivity index (χ0v) is 16.9. The molecule has 2 aromatic carbocycles. The van der Waals surface area contributed by atoms with Gasteiger partial charge >= 0.3 is 6.03 Å². The highest BCUT2D eigenvalue weighted by molar-refractivity contribution is 6.30. The molecular formula is C21H23ClN2O4. The Morgan fingerprint density at radius 2 is 1.68 bits per heavy atom. The van der Waals surface area contributed by atoms with Crippen LogP contribution < -0.4 is 19.5 Å². The molecular weight excluding hydrogens is 380 g/mol. The van der Waals surface area contributed by atoms with Gasteiger partial charge < -0.3 is 24.4 Å². The third-order valence-corrected chi connectivity index (χ3v) is 4.88. The molecule has 148 valence electrons. The van der Waals surface area contributed by atoms with Crippen molar-refractivity contribution < 1.29 is 19.0 Å². The second-order valence-electron chi connectivity index (χ2n) is 6.27. The maximum absolute atomic E-state index is 12.5. The number of ether oxygens (including phenoxy) is 3. The number of urea groups is 1. The minimum absolute atomic E-state index is 0.147. The largest absolute Gasteiger partial charge is 0.496 e. The number of rotatable bonds is 5. The van der Waals surface area contributed by atoms with Crippen molar-refractivity contribution in [3.63, 3.8) is 0 Å². The smallest absolute Gasteiger partial charge is 0.322 e. The average molecular weight is 403 g/mol. The zero-order valence-electron chi connectivity index (χ0n) is 16.1. The third-order valence-electron chi connectivity index (χ3n) is 4.63. The average Bonchev–Trinajstić information content (AvgIpc) is 2.74. The molecule has 0 saturated carbocycles. The van der Waals surface area contributed by atoms with Crippen molar-refractivity contribution in [2.45, 2.75) is 6.42 Å². The van der Waals surface area contributed by atoms with Gasteiger partial charge in [-0.05, 0) is 36.3 Å². The van der Waals surface area contributed by atoms with Crippen molar-refractivity contribution in [2.24, 2.45) is 0 Å². The first-order valence-electron chi connectivity index (χ1n) is 8.86. The number of carbonyl (C=O) groups excluding carboxylic acids is 1. The van der Waals surface area contributed by atoms with Crippen molar-refractivity contribution in [3.8, 4) is 17.2 Å². The van der Waals surface area contributed by atoms with Crippen LogP contribution in [0.15, 0.2) is 42.5 Å². The van der Waals surface area contributed by atoms with Crippen LogP contribution in [-0.4, -0.2) is 45.3 Å². The summed E-state index contributed by atoms with van der Waals surface area (Å²) in [5, 5.41) is 3.52. The first-order chi connectivity index (χ1) is 13.5. The molecule has 0 unspecified atom stereocenters. The SMILES string of the molecule is COc1cc(OC)c(C2=CCN(C(=O)Nc3ccc(Cl)cc3)CC2)c(OC)c1. The molecule has 1 heterocycles. The fourth-order valence-corrected chi connectivity index (χ4v) is 3.26. The van der Waals surface area contributed by atoms with E-state index < -0.39 is 0 Å². The van der Waals surface area contributed by atoms with Crippen LogP contribution in [0.5, 0.6) is 17.2 Å². The summed E-state index contributed by atoms with van der Waals surface area (Å²) in [5.41, 5.74) is 2.68. The van der Waals surface area contributed by atoms with Crippen LogP contribution in [0.4, 0.5) is 10.5 Å². The van der Waals surface area contributed by atoms with E-state index in [9.17, 15) is 4.79 Å². The van der Waals surface area contributed by atoms with Gasteiger partial charge in [0.05, 0.1) is 26.9 Å². The Labute approximate surface area is 169 Å². The van der Waals surface area contributed by atoms with Gasteiger partial charge in [-0.2, -0.15) is 0 Å². The maximum atomic E-state index is 12.5. The normalized spacial score (nSPS) is 13.6. The number of methoxy groups -OCH3 is 3. The first kappa shape index (κ1) is 19.9. The molecule has 0 spiro atoms. The lowest BCUT2D eigenvalue weighted by molar-refractivity contribution is 0.217. The van der Waals surface area contributed by atoms with Crippen molar-refractivity contribution in [1.82, 2.24) is 4.90 Å². The first-order valence-corrected chi connectivity index (χ1v) is 9.24. The fraction of sp³-hybridized carbons (Fsp3) is 0.286. The lowest BCUT2D eigenvalue weighted by Gasteiger charge is -2.28. The summed E-state index contributed by atoms with van der Waals surface area (Å²) < 4.78 is 16.4. The van der Waals surface area contributed by atoms with E-state index in [1.807, 2.05) is 18.2 Å². The molecule has 0 bridgehead atoms. The number of hydrogen-bond donors (Lipinski definition) is 1.